The van der Waals surface area contributed by atoms with Gasteiger partial charge in [0.25, 0.3) is 0 Å². The summed E-state index contributed by atoms with van der Waals surface area (Å²) in [5, 5.41) is 10.3. The molecule has 1 saturated carbocycles. The Hall–Kier alpha value is -1.29. The van der Waals surface area contributed by atoms with Crippen LogP contribution < -0.4 is 9.47 Å². The van der Waals surface area contributed by atoms with Crippen molar-refractivity contribution in [2.24, 2.45) is 11.8 Å². The van der Waals surface area contributed by atoms with Crippen LogP contribution in [0.15, 0.2) is 18.3 Å². The Balaban J connectivity index is 1.93. The molecule has 1 aliphatic carbocycles. The predicted octanol–water partition coefficient (Wildman–Crippen LogP) is 3.05. The summed E-state index contributed by atoms with van der Waals surface area (Å²) in [5.74, 6) is 2.06. The first-order chi connectivity index (χ1) is 9.50. The molecule has 2 unspecified atom stereocenters. The van der Waals surface area contributed by atoms with Crippen molar-refractivity contribution >= 4 is 0 Å². The third kappa shape index (κ3) is 3.85. The highest BCUT2D eigenvalue weighted by atomic mass is 16.5. The number of aromatic nitrogens is 1. The first kappa shape index (κ1) is 15.1. The second-order valence-corrected chi connectivity index (χ2v) is 6.15. The molecule has 1 heterocycles. The number of aliphatic hydroxyl groups is 1. The van der Waals surface area contributed by atoms with Gasteiger partial charge in [0, 0.05) is 6.07 Å². The molecule has 112 valence electrons. The van der Waals surface area contributed by atoms with Crippen LogP contribution in [0, 0.1) is 11.8 Å². The van der Waals surface area contributed by atoms with Crippen LogP contribution in [0.3, 0.4) is 0 Å². The van der Waals surface area contributed by atoms with Crippen molar-refractivity contribution in [3.8, 4) is 11.6 Å². The molecule has 20 heavy (non-hydrogen) atoms. The molecule has 0 amide bonds. The smallest absolute Gasteiger partial charge is 0.213 e. The van der Waals surface area contributed by atoms with E-state index in [-0.39, 0.29) is 0 Å². The monoisotopic (exact) mass is 279 g/mol. The van der Waals surface area contributed by atoms with Crippen LogP contribution in [0.25, 0.3) is 0 Å². The third-order valence-corrected chi connectivity index (χ3v) is 4.20. The topological polar surface area (TPSA) is 51.6 Å². The first-order valence-electron chi connectivity index (χ1n) is 7.36. The Kier molecular flexibility index (Phi) is 4.86. The highest BCUT2D eigenvalue weighted by Gasteiger charge is 2.36. The van der Waals surface area contributed by atoms with E-state index >= 15 is 0 Å². The van der Waals surface area contributed by atoms with Crippen LogP contribution in [0.4, 0.5) is 0 Å². The summed E-state index contributed by atoms with van der Waals surface area (Å²) in [4.78, 5) is 4.13. The summed E-state index contributed by atoms with van der Waals surface area (Å²) in [5.41, 5.74) is -0.632. The average Bonchev–Trinajstić information content (AvgIpc) is 2.45. The lowest BCUT2D eigenvalue weighted by Gasteiger charge is -2.39. The molecule has 0 radical (unpaired) electrons. The molecule has 4 heteroatoms. The van der Waals surface area contributed by atoms with E-state index in [9.17, 15) is 5.11 Å². The third-order valence-electron chi connectivity index (χ3n) is 4.20. The van der Waals surface area contributed by atoms with Crippen molar-refractivity contribution < 1.29 is 14.6 Å². The maximum Gasteiger partial charge on any atom is 0.213 e. The van der Waals surface area contributed by atoms with Crippen LogP contribution in [0.5, 0.6) is 11.6 Å². The van der Waals surface area contributed by atoms with Gasteiger partial charge in [-0.2, -0.15) is 0 Å². The second-order valence-electron chi connectivity index (χ2n) is 6.15. The standard InChI is InChI=1S/C16H25NO3/c1-16(2,18)14-7-5-4-6-12(14)11-20-13-8-9-15(19-3)17-10-13/h8-10,12,14,18H,4-7,11H2,1-3H3. The summed E-state index contributed by atoms with van der Waals surface area (Å²) >= 11 is 0. The van der Waals surface area contributed by atoms with Crippen LogP contribution in [0.1, 0.15) is 39.5 Å². The summed E-state index contributed by atoms with van der Waals surface area (Å²) < 4.78 is 10.9. The second kappa shape index (κ2) is 6.44. The van der Waals surface area contributed by atoms with Crippen LogP contribution in [0.2, 0.25) is 0 Å². The van der Waals surface area contributed by atoms with Crippen molar-refractivity contribution in [1.82, 2.24) is 4.98 Å². The molecule has 1 aliphatic rings. The van der Waals surface area contributed by atoms with Gasteiger partial charge in [0.15, 0.2) is 0 Å². The average molecular weight is 279 g/mol. The van der Waals surface area contributed by atoms with Gasteiger partial charge >= 0.3 is 0 Å². The van der Waals surface area contributed by atoms with Gasteiger partial charge in [-0.25, -0.2) is 4.98 Å². The molecule has 0 saturated heterocycles. The molecule has 0 bridgehead atoms. The molecule has 1 aromatic heterocycles. The van der Waals surface area contributed by atoms with E-state index in [1.165, 1.54) is 12.8 Å². The number of pyridine rings is 1. The number of nitrogens with zero attached hydrogens (tertiary/aromatic N) is 1. The van der Waals surface area contributed by atoms with E-state index in [0.717, 1.165) is 18.6 Å². The highest BCUT2D eigenvalue weighted by molar-refractivity contribution is 5.22. The fourth-order valence-electron chi connectivity index (χ4n) is 3.11. The molecule has 4 nitrogen and oxygen atoms in total. The molecule has 0 aliphatic heterocycles. The number of hydrogen-bond donors (Lipinski definition) is 1. The number of ether oxygens (including phenoxy) is 2. The van der Waals surface area contributed by atoms with Gasteiger partial charge in [0.05, 0.1) is 25.5 Å². The minimum atomic E-state index is -0.632. The number of hydrogen-bond acceptors (Lipinski definition) is 4. The first-order valence-corrected chi connectivity index (χ1v) is 7.36. The van der Waals surface area contributed by atoms with E-state index in [4.69, 9.17) is 9.47 Å². The van der Waals surface area contributed by atoms with E-state index in [2.05, 4.69) is 4.98 Å². The van der Waals surface area contributed by atoms with E-state index in [1.54, 1.807) is 19.4 Å². The molecule has 2 rings (SSSR count). The number of rotatable bonds is 5. The molecule has 1 N–H and O–H groups in total. The maximum atomic E-state index is 10.3. The van der Waals surface area contributed by atoms with Gasteiger partial charge in [0.2, 0.25) is 5.88 Å². The van der Waals surface area contributed by atoms with E-state index < -0.39 is 5.60 Å². The van der Waals surface area contributed by atoms with Gasteiger partial charge in [-0.1, -0.05) is 12.8 Å². The Morgan fingerprint density at radius 1 is 1.30 bits per heavy atom. The van der Waals surface area contributed by atoms with Crippen molar-refractivity contribution in [3.05, 3.63) is 18.3 Å². The van der Waals surface area contributed by atoms with E-state index in [0.29, 0.717) is 24.3 Å². The van der Waals surface area contributed by atoms with Crippen molar-refractivity contribution in [3.63, 3.8) is 0 Å². The normalized spacial score (nSPS) is 23.4. The zero-order chi connectivity index (χ0) is 14.6. The van der Waals surface area contributed by atoms with Crippen molar-refractivity contribution in [1.29, 1.82) is 0 Å². The Morgan fingerprint density at radius 2 is 2.05 bits per heavy atom. The molecule has 0 aromatic carbocycles. The predicted molar refractivity (Wildman–Crippen MR) is 78.0 cm³/mol. The molecule has 1 fully saturated rings. The molecule has 0 spiro atoms. The van der Waals surface area contributed by atoms with Gasteiger partial charge in [-0.3, -0.25) is 0 Å². The number of methoxy groups -OCH3 is 1. The van der Waals surface area contributed by atoms with Gasteiger partial charge in [-0.05, 0) is 44.6 Å². The van der Waals surface area contributed by atoms with Gasteiger partial charge in [0.1, 0.15) is 5.75 Å². The van der Waals surface area contributed by atoms with Crippen molar-refractivity contribution in [2.75, 3.05) is 13.7 Å². The molecule has 2 atom stereocenters. The lowest BCUT2D eigenvalue weighted by atomic mass is 9.72. The Morgan fingerprint density at radius 3 is 2.65 bits per heavy atom. The largest absolute Gasteiger partial charge is 0.492 e. The zero-order valence-corrected chi connectivity index (χ0v) is 12.6. The molecular formula is C16H25NO3. The van der Waals surface area contributed by atoms with Gasteiger partial charge in [-0.15, -0.1) is 0 Å². The Bertz CT molecular complexity index is 411. The van der Waals surface area contributed by atoms with Gasteiger partial charge < -0.3 is 14.6 Å². The van der Waals surface area contributed by atoms with Crippen LogP contribution in [-0.4, -0.2) is 29.4 Å². The summed E-state index contributed by atoms with van der Waals surface area (Å²) in [6, 6.07) is 3.66. The fourth-order valence-corrected chi connectivity index (χ4v) is 3.11. The highest BCUT2D eigenvalue weighted by Crippen LogP contribution is 2.37. The zero-order valence-electron chi connectivity index (χ0n) is 12.6. The fraction of sp³-hybridized carbons (Fsp3) is 0.688. The SMILES string of the molecule is COc1ccc(OCC2CCCCC2C(C)(C)O)cn1. The summed E-state index contributed by atoms with van der Waals surface area (Å²) in [7, 11) is 1.60. The quantitative estimate of drug-likeness (QED) is 0.900. The summed E-state index contributed by atoms with van der Waals surface area (Å²) in [6.07, 6.45) is 6.31. The minimum Gasteiger partial charge on any atom is -0.492 e. The lowest BCUT2D eigenvalue weighted by Crippen LogP contribution is -2.40. The Labute approximate surface area is 121 Å². The minimum absolute atomic E-state index is 0.308. The summed E-state index contributed by atoms with van der Waals surface area (Å²) in [6.45, 7) is 4.46. The molecule has 1 aromatic rings. The van der Waals surface area contributed by atoms with Crippen LogP contribution >= 0.6 is 0 Å². The maximum absolute atomic E-state index is 10.3. The van der Waals surface area contributed by atoms with Crippen molar-refractivity contribution in [2.45, 2.75) is 45.1 Å². The molecular weight excluding hydrogens is 254 g/mol. The van der Waals surface area contributed by atoms with Crippen LogP contribution in [-0.2, 0) is 0 Å². The lowest BCUT2D eigenvalue weighted by molar-refractivity contribution is -0.0378. The van der Waals surface area contributed by atoms with E-state index in [1.807, 2.05) is 19.9 Å².